The third-order valence-corrected chi connectivity index (χ3v) is 3.98. The number of nitrogens with one attached hydrogen (secondary N) is 1. The average molecular weight is 291 g/mol. The van der Waals surface area contributed by atoms with E-state index < -0.39 is 0 Å². The molecule has 0 saturated heterocycles. The molecule has 0 bridgehead atoms. The lowest BCUT2D eigenvalue weighted by molar-refractivity contribution is 0.627. The van der Waals surface area contributed by atoms with Crippen molar-refractivity contribution in [1.29, 1.82) is 0 Å². The SMILES string of the molecule is Fc1ccc2c(c1)c1c(n2C#Cc2ccncc2)CCNC1. The van der Waals surface area contributed by atoms with E-state index in [0.717, 1.165) is 41.5 Å². The lowest BCUT2D eigenvalue weighted by Crippen LogP contribution is -2.24. The second-order valence-electron chi connectivity index (χ2n) is 5.32. The highest BCUT2D eigenvalue weighted by Crippen LogP contribution is 2.28. The molecule has 0 aliphatic carbocycles. The van der Waals surface area contributed by atoms with Crippen molar-refractivity contribution in [2.24, 2.45) is 0 Å². The lowest BCUT2D eigenvalue weighted by atomic mass is 10.1. The molecule has 3 nitrogen and oxygen atoms in total. The van der Waals surface area contributed by atoms with E-state index in [1.807, 2.05) is 22.8 Å². The van der Waals surface area contributed by atoms with Gasteiger partial charge in [-0.2, -0.15) is 0 Å². The number of fused-ring (bicyclic) bond motifs is 3. The second kappa shape index (κ2) is 5.28. The molecule has 4 rings (SSSR count). The summed E-state index contributed by atoms with van der Waals surface area (Å²) >= 11 is 0. The number of halogens is 1. The number of hydrogen-bond donors (Lipinski definition) is 1. The van der Waals surface area contributed by atoms with Crippen molar-refractivity contribution in [3.63, 3.8) is 0 Å². The van der Waals surface area contributed by atoms with Gasteiger partial charge in [0.25, 0.3) is 0 Å². The first-order valence-corrected chi connectivity index (χ1v) is 7.27. The Kier molecular flexibility index (Phi) is 3.14. The van der Waals surface area contributed by atoms with Crippen molar-refractivity contribution in [2.75, 3.05) is 6.54 Å². The van der Waals surface area contributed by atoms with Crippen molar-refractivity contribution in [2.45, 2.75) is 13.0 Å². The molecule has 0 fully saturated rings. The normalized spacial score (nSPS) is 13.5. The maximum absolute atomic E-state index is 13.6. The van der Waals surface area contributed by atoms with Crippen LogP contribution in [0.25, 0.3) is 10.9 Å². The first-order valence-electron chi connectivity index (χ1n) is 7.27. The van der Waals surface area contributed by atoms with Gasteiger partial charge in [0.05, 0.1) is 5.52 Å². The Morgan fingerprint density at radius 2 is 2.05 bits per heavy atom. The third-order valence-electron chi connectivity index (χ3n) is 3.98. The van der Waals surface area contributed by atoms with Gasteiger partial charge in [-0.1, -0.05) is 0 Å². The number of aromatic nitrogens is 2. The fourth-order valence-corrected chi connectivity index (χ4v) is 2.94. The largest absolute Gasteiger partial charge is 0.312 e. The van der Waals surface area contributed by atoms with Gasteiger partial charge in [-0.15, -0.1) is 0 Å². The maximum atomic E-state index is 13.6. The zero-order valence-corrected chi connectivity index (χ0v) is 11.9. The fraction of sp³-hybridized carbons (Fsp3) is 0.167. The molecule has 0 amide bonds. The van der Waals surface area contributed by atoms with Gasteiger partial charge in [-0.25, -0.2) is 4.39 Å². The van der Waals surface area contributed by atoms with Crippen LogP contribution in [0, 0.1) is 17.8 Å². The number of hydrogen-bond acceptors (Lipinski definition) is 2. The summed E-state index contributed by atoms with van der Waals surface area (Å²) in [6, 6.07) is 11.9. The molecule has 0 spiro atoms. The van der Waals surface area contributed by atoms with E-state index in [1.165, 1.54) is 11.8 Å². The van der Waals surface area contributed by atoms with Crippen LogP contribution in [-0.2, 0) is 13.0 Å². The summed E-state index contributed by atoms with van der Waals surface area (Å²) in [5.41, 5.74) is 4.23. The van der Waals surface area contributed by atoms with Crippen molar-refractivity contribution < 1.29 is 4.39 Å². The first-order chi connectivity index (χ1) is 10.8. The minimum atomic E-state index is -0.208. The highest BCUT2D eigenvalue weighted by molar-refractivity contribution is 5.87. The van der Waals surface area contributed by atoms with Crippen LogP contribution in [0.3, 0.4) is 0 Å². The zero-order chi connectivity index (χ0) is 14.9. The predicted molar refractivity (Wildman–Crippen MR) is 83.8 cm³/mol. The number of nitrogens with zero attached hydrogens (tertiary/aromatic N) is 2. The highest BCUT2D eigenvalue weighted by Gasteiger charge is 2.19. The summed E-state index contributed by atoms with van der Waals surface area (Å²) in [6.07, 6.45) is 4.36. The Labute approximate surface area is 127 Å². The van der Waals surface area contributed by atoms with Gasteiger partial charge in [-0.3, -0.25) is 9.55 Å². The first kappa shape index (κ1) is 13.1. The Morgan fingerprint density at radius 1 is 1.18 bits per heavy atom. The van der Waals surface area contributed by atoms with Gasteiger partial charge < -0.3 is 5.32 Å². The minimum absolute atomic E-state index is 0.208. The Balaban J connectivity index is 1.92. The van der Waals surface area contributed by atoms with Gasteiger partial charge in [-0.05, 0) is 41.8 Å². The van der Waals surface area contributed by atoms with Crippen LogP contribution >= 0.6 is 0 Å². The molecule has 2 aromatic heterocycles. The van der Waals surface area contributed by atoms with Crippen LogP contribution in [0.5, 0.6) is 0 Å². The molecular formula is C18H14FN3. The van der Waals surface area contributed by atoms with E-state index in [0.29, 0.717) is 0 Å². The Hall–Kier alpha value is -2.64. The number of pyridine rings is 1. The Bertz CT molecular complexity index is 901. The van der Waals surface area contributed by atoms with Gasteiger partial charge in [0, 0.05) is 54.6 Å². The van der Waals surface area contributed by atoms with Crippen LogP contribution in [0.4, 0.5) is 4.39 Å². The molecule has 1 aromatic carbocycles. The van der Waals surface area contributed by atoms with Gasteiger partial charge in [0.15, 0.2) is 0 Å². The highest BCUT2D eigenvalue weighted by atomic mass is 19.1. The van der Waals surface area contributed by atoms with Crippen molar-refractivity contribution in [3.8, 4) is 12.0 Å². The molecule has 0 radical (unpaired) electrons. The van der Waals surface area contributed by atoms with E-state index in [2.05, 4.69) is 22.3 Å². The summed E-state index contributed by atoms with van der Waals surface area (Å²) in [4.78, 5) is 4.00. The zero-order valence-electron chi connectivity index (χ0n) is 11.9. The molecule has 3 heterocycles. The smallest absolute Gasteiger partial charge is 0.123 e. The quantitative estimate of drug-likeness (QED) is 0.645. The molecule has 22 heavy (non-hydrogen) atoms. The molecule has 1 N–H and O–H groups in total. The van der Waals surface area contributed by atoms with Crippen LogP contribution in [-0.4, -0.2) is 16.1 Å². The second-order valence-corrected chi connectivity index (χ2v) is 5.32. The molecule has 0 saturated carbocycles. The summed E-state index contributed by atoms with van der Waals surface area (Å²) < 4.78 is 15.6. The van der Waals surface area contributed by atoms with Crippen LogP contribution < -0.4 is 5.32 Å². The van der Waals surface area contributed by atoms with E-state index in [-0.39, 0.29) is 5.82 Å². The fourth-order valence-electron chi connectivity index (χ4n) is 2.94. The third kappa shape index (κ3) is 2.16. The molecule has 0 atom stereocenters. The molecule has 4 heteroatoms. The molecule has 0 unspecified atom stereocenters. The minimum Gasteiger partial charge on any atom is -0.312 e. The van der Waals surface area contributed by atoms with Crippen LogP contribution in [0.15, 0.2) is 42.7 Å². The van der Waals surface area contributed by atoms with E-state index >= 15 is 0 Å². The summed E-state index contributed by atoms with van der Waals surface area (Å²) in [7, 11) is 0. The average Bonchev–Trinajstić information content (AvgIpc) is 2.87. The van der Waals surface area contributed by atoms with E-state index in [1.54, 1.807) is 18.5 Å². The van der Waals surface area contributed by atoms with E-state index in [4.69, 9.17) is 0 Å². The molecule has 108 valence electrons. The summed E-state index contributed by atoms with van der Waals surface area (Å²) in [6.45, 7) is 1.68. The van der Waals surface area contributed by atoms with Crippen molar-refractivity contribution in [1.82, 2.24) is 14.9 Å². The Morgan fingerprint density at radius 3 is 2.91 bits per heavy atom. The molecule has 1 aliphatic rings. The van der Waals surface area contributed by atoms with E-state index in [9.17, 15) is 4.39 Å². The van der Waals surface area contributed by atoms with Crippen molar-refractivity contribution in [3.05, 3.63) is 65.4 Å². The number of rotatable bonds is 0. The lowest BCUT2D eigenvalue weighted by Gasteiger charge is -2.14. The monoisotopic (exact) mass is 291 g/mol. The molecule has 3 aromatic rings. The van der Waals surface area contributed by atoms with Crippen LogP contribution in [0.1, 0.15) is 16.8 Å². The summed E-state index contributed by atoms with van der Waals surface area (Å²) in [5, 5.41) is 4.30. The maximum Gasteiger partial charge on any atom is 0.123 e. The van der Waals surface area contributed by atoms with Crippen LogP contribution in [0.2, 0.25) is 0 Å². The molecule has 1 aliphatic heterocycles. The number of benzene rings is 1. The summed E-state index contributed by atoms with van der Waals surface area (Å²) in [5.74, 6) is 2.95. The topological polar surface area (TPSA) is 29.9 Å². The standard InChI is InChI=1S/C18H14FN3/c19-14-1-2-17-15(11-14)16-12-21-9-5-18(16)22(17)10-6-13-3-7-20-8-4-13/h1-4,7-8,11,21H,5,9,12H2. The van der Waals surface area contributed by atoms with Gasteiger partial charge in [0.2, 0.25) is 0 Å². The van der Waals surface area contributed by atoms with Gasteiger partial charge in [0.1, 0.15) is 5.82 Å². The predicted octanol–water partition coefficient (Wildman–Crippen LogP) is 2.68. The van der Waals surface area contributed by atoms with Gasteiger partial charge >= 0.3 is 0 Å². The van der Waals surface area contributed by atoms with Crippen molar-refractivity contribution >= 4 is 10.9 Å². The molecular weight excluding hydrogens is 277 g/mol.